The second-order valence-electron chi connectivity index (χ2n) is 3.85. The highest BCUT2D eigenvalue weighted by molar-refractivity contribution is 6.30. The van der Waals surface area contributed by atoms with E-state index in [0.717, 1.165) is 11.3 Å². The smallest absolute Gasteiger partial charge is 0.209 e. The monoisotopic (exact) mass is 323 g/mol. The second kappa shape index (κ2) is 13.1. The Kier molecular flexibility index (Phi) is 13.6. The predicted molar refractivity (Wildman–Crippen MR) is 99.2 cm³/mol. The van der Waals surface area contributed by atoms with Crippen LogP contribution >= 0.6 is 11.6 Å². The number of aromatic amines is 1. The van der Waals surface area contributed by atoms with Gasteiger partial charge >= 0.3 is 0 Å². The highest BCUT2D eigenvalue weighted by Gasteiger charge is 2.13. The molecule has 2 rings (SSSR count). The molecule has 22 heavy (non-hydrogen) atoms. The van der Waals surface area contributed by atoms with E-state index in [0.29, 0.717) is 16.3 Å². The quantitative estimate of drug-likeness (QED) is 0.621. The third-order valence-corrected chi connectivity index (χ3v) is 2.73. The van der Waals surface area contributed by atoms with Crippen LogP contribution in [0.4, 0.5) is 0 Å². The second-order valence-corrected chi connectivity index (χ2v) is 4.28. The van der Waals surface area contributed by atoms with Crippen LogP contribution in [-0.4, -0.2) is 10.8 Å². The first-order valence-corrected chi connectivity index (χ1v) is 8.42. The molecule has 2 nitrogen and oxygen atoms in total. The Morgan fingerprint density at radius 1 is 0.909 bits per heavy atom. The number of carbonyl (C=O) groups is 1. The average Bonchev–Trinajstić information content (AvgIpc) is 2.92. The van der Waals surface area contributed by atoms with Crippen molar-refractivity contribution in [3.8, 4) is 0 Å². The van der Waals surface area contributed by atoms with Gasteiger partial charge in [0.25, 0.3) is 0 Å². The van der Waals surface area contributed by atoms with Crippen LogP contribution in [0.2, 0.25) is 5.02 Å². The van der Waals surface area contributed by atoms with Crippen LogP contribution in [0.15, 0.2) is 30.3 Å². The molecule has 0 unspecified atom stereocenters. The molecule has 0 atom stereocenters. The Bertz CT molecular complexity index is 527. The van der Waals surface area contributed by atoms with Gasteiger partial charge in [-0.2, -0.15) is 0 Å². The Balaban J connectivity index is 0. The number of carbonyl (C=O) groups excluding carboxylic acids is 1. The minimum absolute atomic E-state index is 0.00210. The number of ketones is 1. The molecule has 1 aromatic heterocycles. The molecule has 1 N–H and O–H groups in total. The lowest BCUT2D eigenvalue weighted by Crippen LogP contribution is -2.03. The summed E-state index contributed by atoms with van der Waals surface area (Å²) in [5.74, 6) is 0.00210. The van der Waals surface area contributed by atoms with E-state index in [4.69, 9.17) is 11.6 Å². The van der Waals surface area contributed by atoms with Crippen molar-refractivity contribution in [3.63, 3.8) is 0 Å². The van der Waals surface area contributed by atoms with E-state index in [-0.39, 0.29) is 5.78 Å². The van der Waals surface area contributed by atoms with E-state index in [1.54, 1.807) is 24.3 Å². The molecule has 1 aromatic carbocycles. The average molecular weight is 324 g/mol. The Hall–Kier alpha value is -1.54. The fourth-order valence-electron chi connectivity index (χ4n) is 1.71. The van der Waals surface area contributed by atoms with Gasteiger partial charge in [0.1, 0.15) is 0 Å². The number of hydrogen-bond acceptors (Lipinski definition) is 1. The first-order chi connectivity index (χ1) is 10.6. The van der Waals surface area contributed by atoms with Crippen molar-refractivity contribution >= 4 is 17.4 Å². The molecule has 0 spiro atoms. The third kappa shape index (κ3) is 6.95. The predicted octanol–water partition coefficient (Wildman–Crippen LogP) is 6.59. The van der Waals surface area contributed by atoms with Gasteiger partial charge in [0, 0.05) is 16.3 Å². The summed E-state index contributed by atoms with van der Waals surface area (Å²) in [4.78, 5) is 15.2. The lowest BCUT2D eigenvalue weighted by atomic mass is 10.1. The number of aromatic nitrogens is 1. The van der Waals surface area contributed by atoms with E-state index in [2.05, 4.69) is 4.98 Å². The van der Waals surface area contributed by atoms with E-state index >= 15 is 0 Å². The summed E-state index contributed by atoms with van der Waals surface area (Å²) in [7, 11) is 0. The molecule has 0 bridgehead atoms. The van der Waals surface area contributed by atoms with Crippen LogP contribution in [-0.2, 0) is 0 Å². The number of benzene rings is 1. The minimum Gasteiger partial charge on any atom is -0.356 e. The third-order valence-electron chi connectivity index (χ3n) is 2.48. The van der Waals surface area contributed by atoms with E-state index < -0.39 is 0 Å². The minimum atomic E-state index is 0.00210. The van der Waals surface area contributed by atoms with Gasteiger partial charge in [0.2, 0.25) is 5.78 Å². The summed E-state index contributed by atoms with van der Waals surface area (Å²) in [6, 6.07) is 8.88. The summed E-state index contributed by atoms with van der Waals surface area (Å²) < 4.78 is 0. The number of halogens is 1. The SMILES string of the molecule is CC.CC.CC.Cc1cc(C)c(C(=O)c2ccc(Cl)cc2)[nH]1. The van der Waals surface area contributed by atoms with Crippen molar-refractivity contribution < 1.29 is 4.79 Å². The van der Waals surface area contributed by atoms with Crippen molar-refractivity contribution in [2.24, 2.45) is 0 Å². The molecule has 1 heterocycles. The lowest BCUT2D eigenvalue weighted by Gasteiger charge is -2.00. The van der Waals surface area contributed by atoms with Gasteiger partial charge in [-0.05, 0) is 49.7 Å². The Morgan fingerprint density at radius 2 is 1.36 bits per heavy atom. The van der Waals surface area contributed by atoms with Crippen LogP contribution in [0.3, 0.4) is 0 Å². The summed E-state index contributed by atoms with van der Waals surface area (Å²) in [5.41, 5.74) is 3.27. The number of rotatable bonds is 2. The molecule has 3 heteroatoms. The largest absolute Gasteiger partial charge is 0.356 e. The topological polar surface area (TPSA) is 32.9 Å². The van der Waals surface area contributed by atoms with Crippen LogP contribution in [0.25, 0.3) is 0 Å². The van der Waals surface area contributed by atoms with Crippen molar-refractivity contribution in [2.75, 3.05) is 0 Å². The molecule has 0 aliphatic heterocycles. The molecule has 124 valence electrons. The zero-order chi connectivity index (χ0) is 17.7. The Labute approximate surface area is 140 Å². The molecule has 0 amide bonds. The van der Waals surface area contributed by atoms with E-state index in [1.165, 1.54) is 0 Å². The Morgan fingerprint density at radius 3 is 1.73 bits per heavy atom. The van der Waals surface area contributed by atoms with E-state index in [9.17, 15) is 4.79 Å². The van der Waals surface area contributed by atoms with Gasteiger partial charge in [0.15, 0.2) is 0 Å². The van der Waals surface area contributed by atoms with Crippen molar-refractivity contribution in [1.82, 2.24) is 4.98 Å². The van der Waals surface area contributed by atoms with Gasteiger partial charge < -0.3 is 4.98 Å². The maximum atomic E-state index is 12.1. The van der Waals surface area contributed by atoms with Gasteiger partial charge in [0.05, 0.1) is 5.69 Å². The van der Waals surface area contributed by atoms with Crippen LogP contribution in [0, 0.1) is 13.8 Å². The molecule has 0 aliphatic carbocycles. The summed E-state index contributed by atoms with van der Waals surface area (Å²) in [5, 5.41) is 0.635. The summed E-state index contributed by atoms with van der Waals surface area (Å²) >= 11 is 5.78. The fraction of sp³-hybridized carbons (Fsp3) is 0.421. The first-order valence-electron chi connectivity index (χ1n) is 8.04. The highest BCUT2D eigenvalue weighted by Crippen LogP contribution is 2.16. The van der Waals surface area contributed by atoms with Crippen LogP contribution in [0.1, 0.15) is 68.9 Å². The van der Waals surface area contributed by atoms with Gasteiger partial charge in [-0.15, -0.1) is 0 Å². The molecule has 0 saturated heterocycles. The number of hydrogen-bond donors (Lipinski definition) is 1. The normalized spacial score (nSPS) is 8.41. The van der Waals surface area contributed by atoms with Gasteiger partial charge in [-0.1, -0.05) is 53.1 Å². The molecular weight excluding hydrogens is 294 g/mol. The van der Waals surface area contributed by atoms with Crippen LogP contribution < -0.4 is 0 Å². The van der Waals surface area contributed by atoms with Crippen molar-refractivity contribution in [2.45, 2.75) is 55.4 Å². The zero-order valence-corrected chi connectivity index (χ0v) is 15.9. The molecule has 0 fully saturated rings. The zero-order valence-electron chi connectivity index (χ0n) is 15.2. The molecule has 0 saturated carbocycles. The number of nitrogens with one attached hydrogen (secondary N) is 1. The van der Waals surface area contributed by atoms with Crippen LogP contribution in [0.5, 0.6) is 0 Å². The summed E-state index contributed by atoms with van der Waals surface area (Å²) in [6.45, 7) is 15.9. The van der Waals surface area contributed by atoms with Gasteiger partial charge in [-0.25, -0.2) is 0 Å². The lowest BCUT2D eigenvalue weighted by molar-refractivity contribution is 0.103. The first kappa shape index (κ1) is 22.7. The summed E-state index contributed by atoms with van der Waals surface area (Å²) in [6.07, 6.45) is 0. The van der Waals surface area contributed by atoms with Crippen molar-refractivity contribution in [1.29, 1.82) is 0 Å². The maximum Gasteiger partial charge on any atom is 0.209 e. The standard InChI is InChI=1S/C13H12ClNO.3C2H6/c1-8-7-9(2)15-12(8)13(16)10-3-5-11(14)6-4-10;3*1-2/h3-7,15H,1-2H3;3*1-2H3. The molecule has 0 radical (unpaired) electrons. The highest BCUT2D eigenvalue weighted by atomic mass is 35.5. The number of aryl methyl sites for hydroxylation is 2. The van der Waals surface area contributed by atoms with Crippen molar-refractivity contribution in [3.05, 3.63) is 57.9 Å². The number of H-pyrrole nitrogens is 1. The maximum absolute atomic E-state index is 12.1. The van der Waals surface area contributed by atoms with Gasteiger partial charge in [-0.3, -0.25) is 4.79 Å². The molecule has 0 aliphatic rings. The molecule has 2 aromatic rings. The van der Waals surface area contributed by atoms with E-state index in [1.807, 2.05) is 61.5 Å². The molecular formula is C19H30ClNO. The fourth-order valence-corrected chi connectivity index (χ4v) is 1.84.